The second-order valence-electron chi connectivity index (χ2n) is 5.25. The average Bonchev–Trinajstić information content (AvgIpc) is 2.89. The number of para-hydroxylation sites is 1. The summed E-state index contributed by atoms with van der Waals surface area (Å²) in [5, 5.41) is 1.09. The molecule has 3 N–H and O–H groups in total. The van der Waals surface area contributed by atoms with E-state index in [1.54, 1.807) is 0 Å². The zero-order chi connectivity index (χ0) is 15.0. The zero-order valence-electron chi connectivity index (χ0n) is 12.0. The van der Waals surface area contributed by atoms with Gasteiger partial charge in [0.15, 0.2) is 0 Å². The van der Waals surface area contributed by atoms with Gasteiger partial charge in [-0.15, -0.1) is 0 Å². The number of hydrogen-bond donors (Lipinski definition) is 2. The van der Waals surface area contributed by atoms with Crippen molar-refractivity contribution in [3.8, 4) is 0 Å². The standard InChI is InChI=1S/C17H17BrN2O/c1-10-6-7-12(8-14(10)18)16(20-19)15-9-13-5-3-4-11(2)17(13)21-15/h3-9,16,20H,19H2,1-2H3. The summed E-state index contributed by atoms with van der Waals surface area (Å²) >= 11 is 3.56. The largest absolute Gasteiger partial charge is 0.459 e. The van der Waals surface area contributed by atoms with Crippen LogP contribution in [0.5, 0.6) is 0 Å². The Balaban J connectivity index is 2.09. The predicted molar refractivity (Wildman–Crippen MR) is 89.0 cm³/mol. The van der Waals surface area contributed by atoms with E-state index in [4.69, 9.17) is 10.3 Å². The Labute approximate surface area is 132 Å². The lowest BCUT2D eigenvalue weighted by Gasteiger charge is -2.14. The van der Waals surface area contributed by atoms with Crippen LogP contribution in [0.15, 0.2) is 51.4 Å². The smallest absolute Gasteiger partial charge is 0.137 e. The van der Waals surface area contributed by atoms with Crippen molar-refractivity contribution in [3.63, 3.8) is 0 Å². The first kappa shape index (κ1) is 14.3. The Bertz CT molecular complexity index is 795. The molecule has 0 aliphatic heterocycles. The topological polar surface area (TPSA) is 51.2 Å². The number of benzene rings is 2. The van der Waals surface area contributed by atoms with Gasteiger partial charge >= 0.3 is 0 Å². The summed E-state index contributed by atoms with van der Waals surface area (Å²) in [5.41, 5.74) is 7.14. The number of furan rings is 1. The minimum Gasteiger partial charge on any atom is -0.459 e. The molecule has 0 saturated heterocycles. The number of fused-ring (bicyclic) bond motifs is 1. The van der Waals surface area contributed by atoms with E-state index < -0.39 is 0 Å². The van der Waals surface area contributed by atoms with Gasteiger partial charge in [0.05, 0.1) is 0 Å². The molecular weight excluding hydrogens is 328 g/mol. The second-order valence-corrected chi connectivity index (χ2v) is 6.10. The van der Waals surface area contributed by atoms with Crippen LogP contribution in [0.1, 0.15) is 28.5 Å². The molecule has 1 unspecified atom stereocenters. The third-order valence-corrected chi connectivity index (χ3v) is 4.59. The first-order valence-electron chi connectivity index (χ1n) is 6.81. The van der Waals surface area contributed by atoms with Crippen LogP contribution in [0.3, 0.4) is 0 Å². The van der Waals surface area contributed by atoms with Crippen molar-refractivity contribution in [2.24, 2.45) is 5.84 Å². The second kappa shape index (κ2) is 5.64. The van der Waals surface area contributed by atoms with E-state index in [9.17, 15) is 0 Å². The molecule has 108 valence electrons. The summed E-state index contributed by atoms with van der Waals surface area (Å²) < 4.78 is 7.08. The van der Waals surface area contributed by atoms with Crippen molar-refractivity contribution in [1.82, 2.24) is 5.43 Å². The Morgan fingerprint density at radius 2 is 1.90 bits per heavy atom. The van der Waals surface area contributed by atoms with Crippen LogP contribution in [0.25, 0.3) is 11.0 Å². The third-order valence-electron chi connectivity index (χ3n) is 3.74. The van der Waals surface area contributed by atoms with Gasteiger partial charge in [-0.3, -0.25) is 5.84 Å². The van der Waals surface area contributed by atoms with Crippen LogP contribution in [-0.2, 0) is 0 Å². The Morgan fingerprint density at radius 1 is 1.10 bits per heavy atom. The number of nitrogens with one attached hydrogen (secondary N) is 1. The fourth-order valence-electron chi connectivity index (χ4n) is 2.50. The summed E-state index contributed by atoms with van der Waals surface area (Å²) in [6, 6.07) is 14.2. The van der Waals surface area contributed by atoms with Gasteiger partial charge in [0.2, 0.25) is 0 Å². The highest BCUT2D eigenvalue weighted by Gasteiger charge is 2.18. The number of aryl methyl sites for hydroxylation is 2. The van der Waals surface area contributed by atoms with Crippen LogP contribution in [0.2, 0.25) is 0 Å². The number of nitrogens with two attached hydrogens (primary N) is 1. The molecule has 0 bridgehead atoms. The normalized spacial score (nSPS) is 12.8. The molecule has 21 heavy (non-hydrogen) atoms. The third kappa shape index (κ3) is 2.62. The Hall–Kier alpha value is -1.62. The van der Waals surface area contributed by atoms with Crippen LogP contribution < -0.4 is 11.3 Å². The molecule has 1 aromatic heterocycles. The molecular formula is C17H17BrN2O. The Kier molecular flexibility index (Phi) is 3.85. The molecule has 1 atom stereocenters. The lowest BCUT2D eigenvalue weighted by atomic mass is 10.0. The summed E-state index contributed by atoms with van der Waals surface area (Å²) in [5.74, 6) is 6.58. The predicted octanol–water partition coefficient (Wildman–Crippen LogP) is 4.36. The zero-order valence-corrected chi connectivity index (χ0v) is 13.6. The van der Waals surface area contributed by atoms with Gasteiger partial charge in [0.1, 0.15) is 17.4 Å². The van der Waals surface area contributed by atoms with Crippen molar-refractivity contribution >= 4 is 26.9 Å². The highest BCUT2D eigenvalue weighted by Crippen LogP contribution is 2.31. The maximum atomic E-state index is 6.02. The number of hydrazine groups is 1. The minimum absolute atomic E-state index is 0.173. The summed E-state index contributed by atoms with van der Waals surface area (Å²) in [7, 11) is 0. The number of hydrogen-bond acceptors (Lipinski definition) is 3. The highest BCUT2D eigenvalue weighted by molar-refractivity contribution is 9.10. The van der Waals surface area contributed by atoms with Gasteiger partial charge in [0, 0.05) is 9.86 Å². The van der Waals surface area contributed by atoms with Gasteiger partial charge in [0.25, 0.3) is 0 Å². The van der Waals surface area contributed by atoms with Crippen LogP contribution in [0.4, 0.5) is 0 Å². The van der Waals surface area contributed by atoms with Crippen molar-refractivity contribution in [1.29, 1.82) is 0 Å². The lowest BCUT2D eigenvalue weighted by Crippen LogP contribution is -2.28. The molecule has 3 rings (SSSR count). The molecule has 0 radical (unpaired) electrons. The van der Waals surface area contributed by atoms with Crippen molar-refractivity contribution in [2.75, 3.05) is 0 Å². The number of rotatable bonds is 3. The first-order valence-corrected chi connectivity index (χ1v) is 7.60. The minimum atomic E-state index is -0.173. The molecule has 0 aliphatic rings. The SMILES string of the molecule is Cc1ccc(C(NN)c2cc3cccc(C)c3o2)cc1Br. The molecule has 0 spiro atoms. The first-order chi connectivity index (χ1) is 10.1. The van der Waals surface area contributed by atoms with Crippen molar-refractivity contribution in [2.45, 2.75) is 19.9 Å². The van der Waals surface area contributed by atoms with E-state index in [-0.39, 0.29) is 6.04 Å². The molecule has 0 fully saturated rings. The molecule has 4 heteroatoms. The fraction of sp³-hybridized carbons (Fsp3) is 0.176. The molecule has 3 aromatic rings. The summed E-state index contributed by atoms with van der Waals surface area (Å²) in [4.78, 5) is 0. The molecule has 3 nitrogen and oxygen atoms in total. The average molecular weight is 345 g/mol. The lowest BCUT2D eigenvalue weighted by molar-refractivity contribution is 0.476. The number of halogens is 1. The fourth-order valence-corrected chi connectivity index (χ4v) is 2.90. The van der Waals surface area contributed by atoms with Crippen LogP contribution in [0, 0.1) is 13.8 Å². The molecule has 0 aliphatic carbocycles. The van der Waals surface area contributed by atoms with E-state index in [0.717, 1.165) is 32.3 Å². The molecule has 2 aromatic carbocycles. The van der Waals surface area contributed by atoms with Gasteiger partial charge in [-0.1, -0.05) is 46.3 Å². The van der Waals surface area contributed by atoms with Gasteiger partial charge in [-0.2, -0.15) is 0 Å². The van der Waals surface area contributed by atoms with E-state index in [1.165, 1.54) is 5.56 Å². The van der Waals surface area contributed by atoms with Crippen molar-refractivity contribution in [3.05, 3.63) is 69.4 Å². The summed E-state index contributed by atoms with van der Waals surface area (Å²) in [6.07, 6.45) is 0. The Morgan fingerprint density at radius 3 is 2.57 bits per heavy atom. The maximum Gasteiger partial charge on any atom is 0.137 e. The van der Waals surface area contributed by atoms with E-state index in [1.807, 2.05) is 31.2 Å². The van der Waals surface area contributed by atoms with E-state index in [0.29, 0.717) is 0 Å². The molecule has 0 amide bonds. The van der Waals surface area contributed by atoms with E-state index in [2.05, 4.69) is 46.5 Å². The van der Waals surface area contributed by atoms with Crippen LogP contribution in [-0.4, -0.2) is 0 Å². The van der Waals surface area contributed by atoms with Crippen molar-refractivity contribution < 1.29 is 4.42 Å². The van der Waals surface area contributed by atoms with Gasteiger partial charge in [-0.05, 0) is 42.7 Å². The maximum absolute atomic E-state index is 6.02. The van der Waals surface area contributed by atoms with Gasteiger partial charge in [-0.25, -0.2) is 5.43 Å². The molecule has 0 saturated carbocycles. The van der Waals surface area contributed by atoms with Crippen LogP contribution >= 0.6 is 15.9 Å². The quantitative estimate of drug-likeness (QED) is 0.548. The molecule has 1 heterocycles. The van der Waals surface area contributed by atoms with E-state index >= 15 is 0 Å². The summed E-state index contributed by atoms with van der Waals surface area (Å²) in [6.45, 7) is 4.10. The monoisotopic (exact) mass is 344 g/mol. The van der Waals surface area contributed by atoms with Gasteiger partial charge < -0.3 is 4.42 Å². The highest BCUT2D eigenvalue weighted by atomic mass is 79.9.